The Kier molecular flexibility index (Phi) is 8.01. The van der Waals surface area contributed by atoms with Gasteiger partial charge in [0.25, 0.3) is 5.91 Å². The molecule has 2 aromatic heterocycles. The van der Waals surface area contributed by atoms with Crippen molar-refractivity contribution in [3.05, 3.63) is 65.5 Å². The minimum Gasteiger partial charge on any atom is -0.349 e. The van der Waals surface area contributed by atoms with E-state index in [0.717, 1.165) is 70.5 Å². The lowest BCUT2D eigenvalue weighted by Crippen LogP contribution is -2.57. The van der Waals surface area contributed by atoms with Gasteiger partial charge in [-0.2, -0.15) is 0 Å². The second-order valence-corrected chi connectivity index (χ2v) is 15.6. The van der Waals surface area contributed by atoms with Gasteiger partial charge in [-0.05, 0) is 128 Å². The third-order valence-electron chi connectivity index (χ3n) is 11.6. The van der Waals surface area contributed by atoms with Crippen molar-refractivity contribution in [2.75, 3.05) is 23.3 Å². The molecule has 0 atom stereocenters. The summed E-state index contributed by atoms with van der Waals surface area (Å²) in [6.07, 6.45) is 11.1. The van der Waals surface area contributed by atoms with E-state index in [-0.39, 0.29) is 29.9 Å². The molecule has 0 radical (unpaired) electrons. The summed E-state index contributed by atoms with van der Waals surface area (Å²) >= 11 is 0. The second kappa shape index (κ2) is 12.3. The smallest absolute Gasteiger partial charge is 0.251 e. The van der Waals surface area contributed by atoms with Crippen LogP contribution >= 0.6 is 0 Å². The molecule has 1 saturated heterocycles. The highest BCUT2D eigenvalue weighted by Crippen LogP contribution is 2.48. The van der Waals surface area contributed by atoms with Crippen LogP contribution in [0.2, 0.25) is 0 Å². The molecule has 9 heteroatoms. The molecule has 2 amide bonds. The molecule has 9 nitrogen and oxygen atoms in total. The summed E-state index contributed by atoms with van der Waals surface area (Å²) in [4.78, 5) is 41.9. The Morgan fingerprint density at radius 1 is 0.959 bits per heavy atom. The quantitative estimate of drug-likeness (QED) is 0.202. The Morgan fingerprint density at radius 2 is 1.73 bits per heavy atom. The minimum atomic E-state index is -0.571. The topological polar surface area (TPSA) is 95.4 Å². The van der Waals surface area contributed by atoms with Crippen molar-refractivity contribution in [3.8, 4) is 11.3 Å². The molecular weight excluding hydrogens is 610 g/mol. The van der Waals surface area contributed by atoms with Crippen LogP contribution in [0, 0.1) is 6.92 Å². The highest BCUT2D eigenvalue weighted by molar-refractivity contribution is 6.09. The molecule has 49 heavy (non-hydrogen) atoms. The number of pyridine rings is 1. The number of benzene rings is 2. The molecule has 0 bridgehead atoms. The van der Waals surface area contributed by atoms with Gasteiger partial charge in [-0.3, -0.25) is 9.59 Å². The van der Waals surface area contributed by atoms with Gasteiger partial charge in [0.05, 0.1) is 23.0 Å². The maximum Gasteiger partial charge on any atom is 0.251 e. The first kappa shape index (κ1) is 32.0. The van der Waals surface area contributed by atoms with Crippen LogP contribution < -0.4 is 15.5 Å². The van der Waals surface area contributed by atoms with Crippen LogP contribution in [0.3, 0.4) is 0 Å². The SMILES string of the molecule is Cc1ccc(Nc2nc(-c3ccc4c(c3)N(C3CC(N5CCCCC5)C3)C(=O)C4(C)C)cc3ncn(C(C)C)c23)cc1C(=O)NC1CCC1. The number of anilines is 3. The van der Waals surface area contributed by atoms with Crippen LogP contribution in [0.4, 0.5) is 17.2 Å². The number of nitrogens with zero attached hydrogens (tertiary/aromatic N) is 5. The van der Waals surface area contributed by atoms with Gasteiger partial charge in [0.15, 0.2) is 5.82 Å². The zero-order valence-corrected chi connectivity index (χ0v) is 29.6. The summed E-state index contributed by atoms with van der Waals surface area (Å²) in [7, 11) is 0. The van der Waals surface area contributed by atoms with Gasteiger partial charge in [0, 0.05) is 46.7 Å². The monoisotopic (exact) mass is 659 g/mol. The summed E-state index contributed by atoms with van der Waals surface area (Å²) < 4.78 is 2.13. The number of likely N-dealkylation sites (tertiary alicyclic amines) is 1. The lowest BCUT2D eigenvalue weighted by atomic mass is 9.82. The number of aryl methyl sites for hydroxylation is 1. The predicted molar refractivity (Wildman–Crippen MR) is 196 cm³/mol. The Morgan fingerprint density at radius 3 is 2.45 bits per heavy atom. The summed E-state index contributed by atoms with van der Waals surface area (Å²) in [5.74, 6) is 0.851. The van der Waals surface area contributed by atoms with E-state index >= 15 is 0 Å². The number of carbonyl (C=O) groups excluding carboxylic acids is 2. The first-order valence-electron chi connectivity index (χ1n) is 18.4. The minimum absolute atomic E-state index is 0.0289. The van der Waals surface area contributed by atoms with Gasteiger partial charge in [-0.15, -0.1) is 0 Å². The Bertz CT molecular complexity index is 1930. The van der Waals surface area contributed by atoms with Crippen molar-refractivity contribution in [1.82, 2.24) is 24.8 Å². The predicted octanol–water partition coefficient (Wildman–Crippen LogP) is 7.65. The normalized spacial score (nSPS) is 22.2. The molecule has 4 aromatic rings. The average molecular weight is 660 g/mol. The number of imidazole rings is 1. The molecule has 0 spiro atoms. The molecular formula is C40H49N7O2. The van der Waals surface area contributed by atoms with Crippen LogP contribution in [-0.2, 0) is 10.2 Å². The maximum absolute atomic E-state index is 14.0. The Labute approximate surface area is 289 Å². The van der Waals surface area contributed by atoms with Crippen molar-refractivity contribution in [1.29, 1.82) is 0 Å². The molecule has 2 N–H and O–H groups in total. The zero-order valence-electron chi connectivity index (χ0n) is 29.6. The highest BCUT2D eigenvalue weighted by atomic mass is 16.2. The average Bonchev–Trinajstić information content (AvgIpc) is 3.57. The summed E-state index contributed by atoms with van der Waals surface area (Å²) in [6.45, 7) is 12.7. The van der Waals surface area contributed by atoms with Gasteiger partial charge in [0.2, 0.25) is 5.91 Å². The molecule has 256 valence electrons. The maximum atomic E-state index is 14.0. The van der Waals surface area contributed by atoms with Crippen molar-refractivity contribution >= 4 is 40.0 Å². The van der Waals surface area contributed by atoms with Crippen LogP contribution in [0.25, 0.3) is 22.3 Å². The van der Waals surface area contributed by atoms with Crippen molar-refractivity contribution < 1.29 is 9.59 Å². The highest BCUT2D eigenvalue weighted by Gasteiger charge is 2.50. The number of carbonyl (C=O) groups is 2. The molecule has 8 rings (SSSR count). The van der Waals surface area contributed by atoms with Crippen LogP contribution in [0.5, 0.6) is 0 Å². The first-order chi connectivity index (χ1) is 23.6. The summed E-state index contributed by atoms with van der Waals surface area (Å²) in [6, 6.07) is 15.6. The van der Waals surface area contributed by atoms with Gasteiger partial charge in [0.1, 0.15) is 5.52 Å². The van der Waals surface area contributed by atoms with E-state index in [1.807, 2.05) is 31.5 Å². The van der Waals surface area contributed by atoms with Gasteiger partial charge < -0.3 is 25.0 Å². The molecule has 2 aromatic carbocycles. The van der Waals surface area contributed by atoms with Crippen molar-refractivity contribution in [3.63, 3.8) is 0 Å². The largest absolute Gasteiger partial charge is 0.349 e. The first-order valence-corrected chi connectivity index (χ1v) is 18.4. The van der Waals surface area contributed by atoms with E-state index < -0.39 is 5.41 Å². The van der Waals surface area contributed by atoms with E-state index in [4.69, 9.17) is 9.97 Å². The fourth-order valence-electron chi connectivity index (χ4n) is 8.24. The summed E-state index contributed by atoms with van der Waals surface area (Å²) in [5, 5.41) is 6.76. The number of hydrogen-bond donors (Lipinski definition) is 2. The number of aromatic nitrogens is 3. The lowest BCUT2D eigenvalue weighted by Gasteiger charge is -2.48. The Balaban J connectivity index is 1.14. The van der Waals surface area contributed by atoms with E-state index in [0.29, 0.717) is 17.4 Å². The number of amides is 2. The van der Waals surface area contributed by atoms with Gasteiger partial charge in [-0.1, -0.05) is 24.6 Å². The fraction of sp³-hybridized carbons (Fsp3) is 0.500. The van der Waals surface area contributed by atoms with Crippen LogP contribution in [0.15, 0.2) is 48.8 Å². The van der Waals surface area contributed by atoms with E-state index in [1.165, 1.54) is 38.8 Å². The molecule has 3 fully saturated rings. The lowest BCUT2D eigenvalue weighted by molar-refractivity contribution is -0.123. The third kappa shape index (κ3) is 5.60. The van der Waals surface area contributed by atoms with Gasteiger partial charge in [-0.25, -0.2) is 9.97 Å². The van der Waals surface area contributed by atoms with E-state index in [9.17, 15) is 9.59 Å². The molecule has 2 saturated carbocycles. The molecule has 4 aliphatic rings. The number of fused-ring (bicyclic) bond motifs is 2. The molecule has 0 unspecified atom stereocenters. The van der Waals surface area contributed by atoms with E-state index in [2.05, 4.69) is 77.0 Å². The fourth-order valence-corrected chi connectivity index (χ4v) is 8.24. The summed E-state index contributed by atoms with van der Waals surface area (Å²) in [5.41, 5.74) is 7.43. The zero-order chi connectivity index (χ0) is 34.0. The molecule has 4 heterocycles. The second-order valence-electron chi connectivity index (χ2n) is 15.6. The molecule has 2 aliphatic heterocycles. The number of nitrogens with one attached hydrogen (secondary N) is 2. The third-order valence-corrected chi connectivity index (χ3v) is 11.6. The standard InChI is InChI=1S/C40H49N7O2/c1-24(2)46-23-41-34-22-33(44-37(36(34)46)42-28-14-12-25(3)31(19-28)38(48)43-27-10-9-11-27)26-13-15-32-35(18-26)47(39(49)40(32,4)5)30-20-29(21-30)45-16-7-6-8-17-45/h12-15,18-19,22-24,27,29-30H,6-11,16-17,20-21H2,1-5H3,(H,42,44)(H,43,48). The number of rotatable bonds is 8. The van der Waals surface area contributed by atoms with Gasteiger partial charge >= 0.3 is 0 Å². The van der Waals surface area contributed by atoms with E-state index in [1.54, 1.807) is 0 Å². The van der Waals surface area contributed by atoms with Crippen LogP contribution in [-0.4, -0.2) is 62.5 Å². The molecule has 2 aliphatic carbocycles. The Hall–Kier alpha value is -4.24. The number of hydrogen-bond acceptors (Lipinski definition) is 6. The van der Waals surface area contributed by atoms with Crippen molar-refractivity contribution in [2.45, 2.75) is 116 Å². The van der Waals surface area contributed by atoms with Crippen LogP contribution in [0.1, 0.15) is 107 Å². The van der Waals surface area contributed by atoms with Crippen molar-refractivity contribution in [2.24, 2.45) is 0 Å². The number of piperidine rings is 1.